The van der Waals surface area contributed by atoms with Gasteiger partial charge >= 0.3 is 0 Å². The number of nitrogens with one attached hydrogen (secondary N) is 2. The molecule has 6 heteroatoms. The van der Waals surface area contributed by atoms with Crippen LogP contribution < -0.4 is 10.6 Å². The molecule has 0 spiro atoms. The number of benzene rings is 1. The van der Waals surface area contributed by atoms with E-state index in [9.17, 15) is 9.59 Å². The van der Waals surface area contributed by atoms with Gasteiger partial charge in [-0.2, -0.15) is 6.41 Å². The molecule has 0 aliphatic heterocycles. The van der Waals surface area contributed by atoms with Gasteiger partial charge < -0.3 is 20.5 Å². The van der Waals surface area contributed by atoms with E-state index in [0.29, 0.717) is 19.5 Å². The molecule has 3 N–H and O–H groups in total. The topological polar surface area (TPSA) is 78.4 Å². The predicted molar refractivity (Wildman–Crippen MR) is 69.5 cm³/mol. The maximum Gasteiger partial charge on any atom is 0.207 e. The summed E-state index contributed by atoms with van der Waals surface area (Å²) in [7, 11) is 0. The second-order valence-corrected chi connectivity index (χ2v) is 3.37. The summed E-state index contributed by atoms with van der Waals surface area (Å²) >= 11 is 0. The number of carbonyl (C=O) groups is 1. The van der Waals surface area contributed by atoms with Gasteiger partial charge in [-0.1, -0.05) is 31.2 Å². The Morgan fingerprint density at radius 2 is 1.95 bits per heavy atom. The number of aryl methyl sites for hydroxylation is 1. The predicted octanol–water partition coefficient (Wildman–Crippen LogP) is 0.130. The summed E-state index contributed by atoms with van der Waals surface area (Å²) in [5, 5.41) is 12.8. The number of aliphatic hydroxyl groups excluding tert-OH is 1. The average molecular weight is 508 g/mol. The molecule has 1 aromatic rings. The van der Waals surface area contributed by atoms with E-state index >= 15 is 0 Å². The monoisotopic (exact) mass is 508 g/mol. The van der Waals surface area contributed by atoms with Crippen molar-refractivity contribution in [1.82, 2.24) is 10.6 Å². The van der Waals surface area contributed by atoms with Crippen LogP contribution in [-0.4, -0.2) is 31.1 Å². The molecule has 112 valence electrons. The van der Waals surface area contributed by atoms with Crippen LogP contribution in [0.1, 0.15) is 18.1 Å². The molecular formula is C13H19FmN2O3-. The largest absolute Gasteiger partial charge is 0.526 e. The quantitative estimate of drug-likeness (QED) is 0.212. The van der Waals surface area contributed by atoms with E-state index in [1.807, 2.05) is 18.2 Å². The smallest absolute Gasteiger partial charge is 0.207 e. The van der Waals surface area contributed by atoms with E-state index in [2.05, 4.69) is 23.6 Å². The molecule has 0 aromatic heterocycles. The SMILES string of the molecule is CCc1ccccc1CN[C-]=O.O=CNCCO.[Fm]. The van der Waals surface area contributed by atoms with Crippen LogP contribution in [0.2, 0.25) is 0 Å². The number of amides is 2. The maximum absolute atomic E-state index is 9.94. The Morgan fingerprint density at radius 3 is 2.37 bits per heavy atom. The molecule has 0 bridgehead atoms. The molecule has 0 atom stereocenters. The van der Waals surface area contributed by atoms with Crippen LogP contribution in [0, 0.1) is 0 Å². The summed E-state index contributed by atoms with van der Waals surface area (Å²) in [6.45, 7) is 3.04. The van der Waals surface area contributed by atoms with E-state index in [4.69, 9.17) is 5.11 Å². The van der Waals surface area contributed by atoms with Crippen molar-refractivity contribution in [3.8, 4) is 0 Å². The minimum absolute atomic E-state index is 0. The molecule has 2 amide bonds. The number of hydrogen-bond donors (Lipinski definition) is 3. The van der Waals surface area contributed by atoms with Gasteiger partial charge in [0.1, 0.15) is 0 Å². The van der Waals surface area contributed by atoms with Gasteiger partial charge in [0.05, 0.1) is 6.61 Å². The third kappa shape index (κ3) is 8.88. The first-order valence-electron chi connectivity index (χ1n) is 5.74. The van der Waals surface area contributed by atoms with Crippen molar-refractivity contribution < 1.29 is 14.7 Å². The molecule has 0 saturated carbocycles. The van der Waals surface area contributed by atoms with Crippen molar-refractivity contribution in [1.29, 1.82) is 0 Å². The Kier molecular flexibility index (Phi) is 12.8. The summed E-state index contributed by atoms with van der Waals surface area (Å²) in [4.78, 5) is 19.3. The van der Waals surface area contributed by atoms with Gasteiger partial charge in [0.25, 0.3) is 0 Å². The standard InChI is InChI=1S/C10H12NO.C3H7NO2.Fm/c1-2-9-5-3-4-6-10(9)7-11-8-12;5-2-1-4-3-6;/h3-6H,2,7H2,1H3,(H,11,12);3,5H,1-2H2,(H,4,6);/q-1;;. The van der Waals surface area contributed by atoms with E-state index in [-0.39, 0.29) is 6.61 Å². The van der Waals surface area contributed by atoms with Gasteiger partial charge in [0.15, 0.2) is 0 Å². The van der Waals surface area contributed by atoms with Crippen molar-refractivity contribution in [2.45, 2.75) is 19.9 Å². The normalized spacial score (nSPS) is 8.32. The molecule has 19 heavy (non-hydrogen) atoms. The minimum atomic E-state index is 0. The van der Waals surface area contributed by atoms with E-state index in [1.165, 1.54) is 11.1 Å². The van der Waals surface area contributed by atoms with Crippen molar-refractivity contribution in [3.63, 3.8) is 0 Å². The van der Waals surface area contributed by atoms with Gasteiger partial charge in [-0.3, -0.25) is 4.79 Å². The number of carbonyl (C=O) groups excluding carboxylic acids is 2. The molecule has 1 rings (SSSR count). The van der Waals surface area contributed by atoms with E-state index in [1.54, 1.807) is 6.41 Å². The second-order valence-electron chi connectivity index (χ2n) is 3.37. The second kappa shape index (κ2) is 13.2. The van der Waals surface area contributed by atoms with Gasteiger partial charge in [-0.05, 0) is 17.5 Å². The van der Waals surface area contributed by atoms with Gasteiger partial charge in [0.2, 0.25) is 6.41 Å². The van der Waals surface area contributed by atoms with Crippen molar-refractivity contribution in [2.24, 2.45) is 0 Å². The first kappa shape index (κ1) is 18.5. The summed E-state index contributed by atoms with van der Waals surface area (Å²) in [6, 6.07) is 8.07. The Hall–Kier alpha value is -2.88. The fraction of sp³-hybridized carbons (Fsp3) is 0.385. The van der Waals surface area contributed by atoms with Gasteiger partial charge in [-0.25, -0.2) is 0 Å². The number of hydrogen-bond acceptors (Lipinski definition) is 3. The fourth-order valence-corrected chi connectivity index (χ4v) is 1.33. The Bertz CT molecular complexity index is 348. The molecule has 0 saturated heterocycles. The van der Waals surface area contributed by atoms with Gasteiger partial charge in [-0.15, -0.1) is 0 Å². The zero-order chi connectivity index (χ0) is 13.6. The van der Waals surface area contributed by atoms with Crippen molar-refractivity contribution in [2.75, 3.05) is 13.2 Å². The zero-order valence-electron chi connectivity index (χ0n) is 10.8. The van der Waals surface area contributed by atoms with Crippen LogP contribution in [0.25, 0.3) is 0 Å². The van der Waals surface area contributed by atoms with Crippen molar-refractivity contribution >= 4 is 12.8 Å². The average Bonchev–Trinajstić information content (AvgIpc) is 2.43. The minimum Gasteiger partial charge on any atom is -0.526 e. The Labute approximate surface area is 107 Å². The third-order valence-electron chi connectivity index (χ3n) is 2.19. The van der Waals surface area contributed by atoms with Crippen LogP contribution in [0.15, 0.2) is 24.3 Å². The summed E-state index contributed by atoms with van der Waals surface area (Å²) < 4.78 is 0. The van der Waals surface area contributed by atoms with Gasteiger partial charge in [0, 0.05) is 13.1 Å². The summed E-state index contributed by atoms with van der Waals surface area (Å²) in [5.41, 5.74) is 2.45. The van der Waals surface area contributed by atoms with Crippen LogP contribution in [0.4, 0.5) is 0 Å². The zero-order valence-corrected chi connectivity index (χ0v) is 13.2. The summed E-state index contributed by atoms with van der Waals surface area (Å²) in [5.74, 6) is 0. The molecule has 0 radical (unpaired) electrons. The fourth-order valence-electron chi connectivity index (χ4n) is 1.33. The molecule has 0 heterocycles. The van der Waals surface area contributed by atoms with Crippen LogP contribution in [0.5, 0.6) is 0 Å². The summed E-state index contributed by atoms with van der Waals surface area (Å²) in [6.07, 6.45) is 3.22. The number of rotatable bonds is 7. The van der Waals surface area contributed by atoms with Crippen LogP contribution in [0.3, 0.4) is 0 Å². The Balaban J connectivity index is 0. The van der Waals surface area contributed by atoms with Crippen LogP contribution in [-0.2, 0) is 22.6 Å². The molecule has 0 unspecified atom stereocenters. The molecule has 0 aliphatic carbocycles. The molecule has 0 fully saturated rings. The first-order valence-corrected chi connectivity index (χ1v) is 5.74. The molecular weight excluding hydrogens is 489 g/mol. The first-order chi connectivity index (χ1) is 8.79. The third-order valence-corrected chi connectivity index (χ3v) is 2.19. The maximum atomic E-state index is 9.94. The number of aliphatic hydroxyl groups is 1. The molecule has 5 nitrogen and oxygen atoms in total. The van der Waals surface area contributed by atoms with E-state index in [0.717, 1.165) is 6.42 Å². The van der Waals surface area contributed by atoms with Crippen molar-refractivity contribution in [3.05, 3.63) is 35.4 Å². The Morgan fingerprint density at radius 1 is 1.32 bits per heavy atom. The molecule has 0 aliphatic rings. The molecule has 1 aromatic carbocycles. The van der Waals surface area contributed by atoms with Crippen LogP contribution >= 0.6 is 0 Å². The van der Waals surface area contributed by atoms with E-state index < -0.39 is 0 Å².